The summed E-state index contributed by atoms with van der Waals surface area (Å²) in [7, 11) is 1.53. The number of quaternary nitrogens is 1. The van der Waals surface area contributed by atoms with E-state index in [-0.39, 0.29) is 25.1 Å². The Morgan fingerprint density at radius 2 is 0.655 bits per heavy atom. The molecule has 0 aliphatic carbocycles. The highest BCUT2D eigenvalue weighted by molar-refractivity contribution is 7.47. The predicted molar refractivity (Wildman–Crippen MR) is 379 cm³/mol. The molecular weight excluding hydrogens is 1100 g/mol. The molecule has 3 unspecified atom stereocenters. The Morgan fingerprint density at radius 3 is 0.943 bits per heavy atom. The lowest BCUT2D eigenvalue weighted by Crippen LogP contribution is -2.47. The van der Waals surface area contributed by atoms with Crippen LogP contribution in [0.4, 0.5) is 0 Å². The van der Waals surface area contributed by atoms with Crippen LogP contribution < -0.4 is 5.32 Å². The number of esters is 1. The van der Waals surface area contributed by atoms with Gasteiger partial charge in [-0.05, 0) is 31.8 Å². The maximum atomic E-state index is 13.7. The van der Waals surface area contributed by atoms with Crippen LogP contribution in [0.5, 0.6) is 0 Å². The zero-order chi connectivity index (χ0) is 63.5. The van der Waals surface area contributed by atoms with Gasteiger partial charge in [0.25, 0.3) is 0 Å². The number of phosphoric ester groups is 1. The van der Waals surface area contributed by atoms with Crippen molar-refractivity contribution in [2.24, 2.45) is 0 Å². The van der Waals surface area contributed by atoms with Crippen LogP contribution >= 0.6 is 7.82 Å². The molecule has 0 aliphatic rings. The van der Waals surface area contributed by atoms with Crippen molar-refractivity contribution in [3.8, 4) is 0 Å². The number of nitrogens with one attached hydrogen (secondary N) is 1. The summed E-state index contributed by atoms with van der Waals surface area (Å²) in [5, 5.41) is 3.09. The fraction of sp³-hybridized carbons (Fsp3) is 0.948. The van der Waals surface area contributed by atoms with E-state index in [0.29, 0.717) is 23.9 Å². The van der Waals surface area contributed by atoms with E-state index in [2.05, 4.69) is 32.2 Å². The lowest BCUT2D eigenvalue weighted by molar-refractivity contribution is -0.870. The van der Waals surface area contributed by atoms with Crippen LogP contribution in [-0.4, -0.2) is 74.3 Å². The third-order valence-corrected chi connectivity index (χ3v) is 19.2. The molecule has 87 heavy (non-hydrogen) atoms. The van der Waals surface area contributed by atoms with E-state index in [1.807, 2.05) is 27.2 Å². The molecule has 0 aromatic carbocycles. The molecule has 0 rings (SSSR count). The quantitative estimate of drug-likeness (QED) is 0.0205. The Morgan fingerprint density at radius 1 is 0.391 bits per heavy atom. The first kappa shape index (κ1) is 85.8. The third kappa shape index (κ3) is 68.9. The Hall–Kier alpha value is -1.25. The van der Waals surface area contributed by atoms with Gasteiger partial charge in [0, 0.05) is 12.8 Å². The minimum Gasteiger partial charge on any atom is -0.456 e. The standard InChI is InChI=1S/C77H153N2O7P/c1-7-10-13-16-19-22-25-28-30-32-34-36-38-39-41-42-44-46-48-51-54-57-60-63-66-69-76(80)78-74(73-85-87(82,83)84-72-71-79(4,5)6)75(68-65-62-59-56-53-50-27-24-21-18-15-12-9-3)86-77(81)70-67-64-61-58-55-52-49-47-45-43-40-37-35-33-31-29-26-23-20-17-14-11-8-2/h65,68,74-75H,7-64,66-67,69-73H2,1-6H3,(H-,78,80,82,83)/p+1/b68-65+. The number of carbonyl (C=O) groups excluding carboxylic acids is 2. The predicted octanol–water partition coefficient (Wildman–Crippen LogP) is 25.0. The van der Waals surface area contributed by atoms with Gasteiger partial charge < -0.3 is 19.4 Å². The number of unbranched alkanes of at least 4 members (excludes halogenated alkanes) is 57. The second-order valence-corrected chi connectivity index (χ2v) is 29.7. The van der Waals surface area contributed by atoms with Crippen LogP contribution in [0, 0.1) is 0 Å². The average molecular weight is 1250 g/mol. The van der Waals surface area contributed by atoms with E-state index in [1.54, 1.807) is 0 Å². The highest BCUT2D eigenvalue weighted by Gasteiger charge is 2.30. The van der Waals surface area contributed by atoms with Crippen molar-refractivity contribution in [1.82, 2.24) is 5.32 Å². The van der Waals surface area contributed by atoms with Crippen LogP contribution in [-0.2, 0) is 27.9 Å². The van der Waals surface area contributed by atoms with Gasteiger partial charge in [-0.3, -0.25) is 18.6 Å². The monoisotopic (exact) mass is 1250 g/mol. The first-order valence-electron chi connectivity index (χ1n) is 39.0. The van der Waals surface area contributed by atoms with E-state index in [1.165, 1.54) is 327 Å². The summed E-state index contributed by atoms with van der Waals surface area (Å²) < 4.78 is 30.9. The van der Waals surface area contributed by atoms with E-state index in [0.717, 1.165) is 57.8 Å². The number of likely N-dealkylation sites (N-methyl/N-ethyl adjacent to an activating group) is 1. The molecule has 518 valence electrons. The van der Waals surface area contributed by atoms with Gasteiger partial charge in [-0.2, -0.15) is 0 Å². The molecule has 0 aromatic rings. The van der Waals surface area contributed by atoms with Crippen LogP contribution in [0.2, 0.25) is 0 Å². The van der Waals surface area contributed by atoms with Crippen LogP contribution in [0.3, 0.4) is 0 Å². The normalized spacial score (nSPS) is 13.4. The van der Waals surface area contributed by atoms with Crippen LogP contribution in [0.15, 0.2) is 12.2 Å². The summed E-state index contributed by atoms with van der Waals surface area (Å²) in [5.74, 6) is -0.472. The smallest absolute Gasteiger partial charge is 0.456 e. The molecule has 0 saturated heterocycles. The molecule has 0 spiro atoms. The molecule has 0 aliphatic heterocycles. The van der Waals surface area contributed by atoms with Gasteiger partial charge >= 0.3 is 13.8 Å². The van der Waals surface area contributed by atoms with Crippen molar-refractivity contribution in [2.75, 3.05) is 40.9 Å². The molecule has 10 heteroatoms. The maximum absolute atomic E-state index is 13.7. The number of carbonyl (C=O) groups is 2. The summed E-state index contributed by atoms with van der Waals surface area (Å²) in [6.45, 7) is 7.11. The fourth-order valence-electron chi connectivity index (χ4n) is 12.2. The highest BCUT2D eigenvalue weighted by atomic mass is 31.2. The van der Waals surface area contributed by atoms with Gasteiger partial charge in [0.2, 0.25) is 5.91 Å². The molecule has 0 saturated carbocycles. The van der Waals surface area contributed by atoms with E-state index in [9.17, 15) is 19.0 Å². The number of ether oxygens (including phenoxy) is 1. The number of amides is 1. The lowest BCUT2D eigenvalue weighted by Gasteiger charge is -2.27. The van der Waals surface area contributed by atoms with Crippen LogP contribution in [0.25, 0.3) is 0 Å². The molecule has 0 bridgehead atoms. The van der Waals surface area contributed by atoms with E-state index < -0.39 is 20.0 Å². The molecular formula is C77H154N2O7P+. The first-order chi connectivity index (χ1) is 42.4. The topological polar surface area (TPSA) is 111 Å². The molecule has 1 amide bonds. The number of rotatable bonds is 73. The van der Waals surface area contributed by atoms with Gasteiger partial charge in [-0.1, -0.05) is 386 Å². The van der Waals surface area contributed by atoms with Crippen molar-refractivity contribution in [1.29, 1.82) is 0 Å². The SMILES string of the molecule is CCCCCCCCCCCCC/C=C/C(OC(=O)CCCCCCCCCCCCCCCCCCCCCCCCC)C(COP(=O)(O)OCC[N+](C)(C)C)NC(=O)CCCCCCCCCCCCCCCCCCCCCCCCCCC. The van der Waals surface area contributed by atoms with Crippen molar-refractivity contribution < 1.29 is 37.3 Å². The van der Waals surface area contributed by atoms with Crippen molar-refractivity contribution in [3.63, 3.8) is 0 Å². The second kappa shape index (κ2) is 67.6. The summed E-state index contributed by atoms with van der Waals surface area (Å²) in [5.41, 5.74) is 0. The molecule has 2 N–H and O–H groups in total. The zero-order valence-corrected chi connectivity index (χ0v) is 60.5. The Kier molecular flexibility index (Phi) is 66.7. The van der Waals surface area contributed by atoms with Crippen molar-refractivity contribution in [2.45, 2.75) is 431 Å². The van der Waals surface area contributed by atoms with Gasteiger partial charge in [0.1, 0.15) is 19.3 Å². The zero-order valence-electron chi connectivity index (χ0n) is 59.6. The minimum absolute atomic E-state index is 0.0464. The van der Waals surface area contributed by atoms with Crippen molar-refractivity contribution >= 4 is 19.7 Å². The minimum atomic E-state index is -4.45. The third-order valence-electron chi connectivity index (χ3n) is 18.2. The Labute approximate surface area is 543 Å². The Balaban J connectivity index is 4.95. The largest absolute Gasteiger partial charge is 0.472 e. The maximum Gasteiger partial charge on any atom is 0.472 e. The molecule has 9 nitrogen and oxygen atoms in total. The molecule has 0 fully saturated rings. The summed E-state index contributed by atoms with van der Waals surface area (Å²) in [6, 6.07) is -0.842. The summed E-state index contributed by atoms with van der Waals surface area (Å²) >= 11 is 0. The van der Waals surface area contributed by atoms with E-state index >= 15 is 0 Å². The number of hydrogen-bond acceptors (Lipinski definition) is 6. The average Bonchev–Trinajstić information content (AvgIpc) is 3.70. The molecule has 3 atom stereocenters. The van der Waals surface area contributed by atoms with Crippen molar-refractivity contribution in [3.05, 3.63) is 12.2 Å². The lowest BCUT2D eigenvalue weighted by atomic mass is 10.0. The van der Waals surface area contributed by atoms with Gasteiger partial charge in [-0.15, -0.1) is 0 Å². The molecule has 0 heterocycles. The van der Waals surface area contributed by atoms with E-state index in [4.69, 9.17) is 13.8 Å². The van der Waals surface area contributed by atoms with Gasteiger partial charge in [0.05, 0.1) is 33.8 Å². The molecule has 0 aromatic heterocycles. The highest BCUT2D eigenvalue weighted by Crippen LogP contribution is 2.43. The number of phosphoric acid groups is 1. The second-order valence-electron chi connectivity index (χ2n) is 28.3. The number of hydrogen-bond donors (Lipinski definition) is 2. The number of allylic oxidation sites excluding steroid dienone is 1. The fourth-order valence-corrected chi connectivity index (χ4v) is 13.0. The molecule has 0 radical (unpaired) electrons. The summed E-state index contributed by atoms with van der Waals surface area (Å²) in [4.78, 5) is 38.0. The Bertz CT molecular complexity index is 1490. The van der Waals surface area contributed by atoms with Crippen LogP contribution in [0.1, 0.15) is 419 Å². The first-order valence-corrected chi connectivity index (χ1v) is 40.5. The number of nitrogens with zero attached hydrogens (tertiary/aromatic N) is 1. The van der Waals surface area contributed by atoms with Gasteiger partial charge in [-0.25, -0.2) is 4.57 Å². The summed E-state index contributed by atoms with van der Waals surface area (Å²) in [6.07, 6.45) is 82.4. The van der Waals surface area contributed by atoms with Gasteiger partial charge in [0.15, 0.2) is 0 Å².